The molecule has 1 heterocycles. The van der Waals surface area contributed by atoms with Gasteiger partial charge in [0.25, 0.3) is 0 Å². The fourth-order valence-corrected chi connectivity index (χ4v) is 2.73. The van der Waals surface area contributed by atoms with Crippen molar-refractivity contribution < 1.29 is 4.74 Å². The molecule has 0 unspecified atom stereocenters. The van der Waals surface area contributed by atoms with Gasteiger partial charge in [0.15, 0.2) is 0 Å². The predicted octanol–water partition coefficient (Wildman–Crippen LogP) is 2.48. The minimum Gasteiger partial charge on any atom is -0.497 e. The first-order chi connectivity index (χ1) is 7.79. The summed E-state index contributed by atoms with van der Waals surface area (Å²) in [6.45, 7) is 4.39. The van der Waals surface area contributed by atoms with E-state index in [-0.39, 0.29) is 0 Å². The number of benzene rings is 1. The number of nitrogens with zero attached hydrogens (tertiary/aromatic N) is 1. The van der Waals surface area contributed by atoms with Crippen molar-refractivity contribution in [2.75, 3.05) is 30.4 Å². The van der Waals surface area contributed by atoms with Crippen LogP contribution in [0.4, 0.5) is 11.4 Å². The lowest BCUT2D eigenvalue weighted by Crippen LogP contribution is -2.46. The van der Waals surface area contributed by atoms with Crippen LogP contribution in [-0.2, 0) is 0 Å². The Hall–Kier alpha value is -1.38. The predicted molar refractivity (Wildman–Crippen MR) is 66.5 cm³/mol. The summed E-state index contributed by atoms with van der Waals surface area (Å²) in [6.07, 6.45) is 2.64. The zero-order valence-electron chi connectivity index (χ0n) is 9.92. The summed E-state index contributed by atoms with van der Waals surface area (Å²) in [5.41, 5.74) is 2.95. The Morgan fingerprint density at radius 1 is 1.44 bits per heavy atom. The van der Waals surface area contributed by atoms with Crippen molar-refractivity contribution in [3.8, 4) is 5.75 Å². The maximum absolute atomic E-state index is 5.26. The third-order valence-corrected chi connectivity index (χ3v) is 3.82. The van der Waals surface area contributed by atoms with Crippen molar-refractivity contribution in [1.82, 2.24) is 0 Å². The van der Waals surface area contributed by atoms with Crippen LogP contribution in [0.3, 0.4) is 0 Å². The maximum atomic E-state index is 5.26. The van der Waals surface area contributed by atoms with Gasteiger partial charge in [0.05, 0.1) is 24.0 Å². The number of rotatable bonds is 2. The Labute approximate surface area is 96.4 Å². The highest BCUT2D eigenvalue weighted by molar-refractivity contribution is 5.76. The first-order valence-corrected chi connectivity index (χ1v) is 5.99. The first-order valence-electron chi connectivity index (χ1n) is 5.99. The molecular formula is C13H18N2O. The molecule has 2 aliphatic rings. The Morgan fingerprint density at radius 2 is 2.25 bits per heavy atom. The van der Waals surface area contributed by atoms with E-state index in [0.29, 0.717) is 5.54 Å². The molecule has 0 amide bonds. The van der Waals surface area contributed by atoms with Gasteiger partial charge in [-0.1, -0.05) is 0 Å². The van der Waals surface area contributed by atoms with Crippen molar-refractivity contribution in [2.24, 2.45) is 0 Å². The average molecular weight is 218 g/mol. The van der Waals surface area contributed by atoms with Gasteiger partial charge in [-0.15, -0.1) is 0 Å². The summed E-state index contributed by atoms with van der Waals surface area (Å²) in [4.78, 5) is 2.54. The highest BCUT2D eigenvalue weighted by Crippen LogP contribution is 2.49. The maximum Gasteiger partial charge on any atom is 0.121 e. The molecule has 1 aliphatic heterocycles. The Kier molecular flexibility index (Phi) is 2.03. The fraction of sp³-hybridized carbons (Fsp3) is 0.538. The molecule has 0 aromatic heterocycles. The van der Waals surface area contributed by atoms with Crippen LogP contribution < -0.4 is 15.0 Å². The van der Waals surface area contributed by atoms with E-state index >= 15 is 0 Å². The number of hydrogen-bond donors (Lipinski definition) is 1. The summed E-state index contributed by atoms with van der Waals surface area (Å²) < 4.78 is 5.26. The second-order valence-corrected chi connectivity index (χ2v) is 4.71. The van der Waals surface area contributed by atoms with Gasteiger partial charge < -0.3 is 15.0 Å². The van der Waals surface area contributed by atoms with E-state index in [4.69, 9.17) is 4.74 Å². The molecular weight excluding hydrogens is 200 g/mol. The van der Waals surface area contributed by atoms with Crippen LogP contribution in [-0.4, -0.2) is 25.7 Å². The highest BCUT2D eigenvalue weighted by Gasteiger charge is 2.49. The summed E-state index contributed by atoms with van der Waals surface area (Å²) in [5.74, 6) is 0.925. The van der Waals surface area contributed by atoms with Gasteiger partial charge >= 0.3 is 0 Å². The van der Waals surface area contributed by atoms with Gasteiger partial charge in [-0.25, -0.2) is 0 Å². The highest BCUT2D eigenvalue weighted by atomic mass is 16.5. The largest absolute Gasteiger partial charge is 0.497 e. The molecule has 16 heavy (non-hydrogen) atoms. The second kappa shape index (κ2) is 3.30. The van der Waals surface area contributed by atoms with Gasteiger partial charge in [-0.3, -0.25) is 0 Å². The molecule has 1 aromatic carbocycles. The number of nitrogens with one attached hydrogen (secondary N) is 1. The van der Waals surface area contributed by atoms with Crippen molar-refractivity contribution >= 4 is 11.4 Å². The van der Waals surface area contributed by atoms with E-state index in [9.17, 15) is 0 Å². The molecule has 1 N–H and O–H groups in total. The van der Waals surface area contributed by atoms with E-state index in [1.54, 1.807) is 7.11 Å². The SMILES string of the molecule is CCN1c2ccc(OC)cc2NCC12CC2. The Balaban J connectivity index is 2.01. The normalized spacial score (nSPS) is 20.2. The van der Waals surface area contributed by atoms with Crippen molar-refractivity contribution in [2.45, 2.75) is 25.3 Å². The van der Waals surface area contributed by atoms with Gasteiger partial charge in [0, 0.05) is 19.2 Å². The molecule has 0 bridgehead atoms. The molecule has 0 radical (unpaired) electrons. The monoisotopic (exact) mass is 218 g/mol. The summed E-state index contributed by atoms with van der Waals surface area (Å²) in [7, 11) is 1.71. The molecule has 1 aliphatic carbocycles. The molecule has 3 nitrogen and oxygen atoms in total. The molecule has 3 heteroatoms. The minimum atomic E-state index is 0.413. The summed E-state index contributed by atoms with van der Waals surface area (Å²) >= 11 is 0. The van der Waals surface area contributed by atoms with Gasteiger partial charge in [-0.05, 0) is 31.9 Å². The topological polar surface area (TPSA) is 24.5 Å². The Morgan fingerprint density at radius 3 is 2.88 bits per heavy atom. The van der Waals surface area contributed by atoms with Gasteiger partial charge in [0.2, 0.25) is 0 Å². The zero-order valence-corrected chi connectivity index (χ0v) is 9.92. The van der Waals surface area contributed by atoms with Crippen LogP contribution in [0.25, 0.3) is 0 Å². The number of anilines is 2. The van der Waals surface area contributed by atoms with Gasteiger partial charge in [-0.2, -0.15) is 0 Å². The number of likely N-dealkylation sites (N-methyl/N-ethyl adjacent to an activating group) is 1. The van der Waals surface area contributed by atoms with Crippen molar-refractivity contribution in [3.63, 3.8) is 0 Å². The smallest absolute Gasteiger partial charge is 0.121 e. The number of fused-ring (bicyclic) bond motifs is 1. The molecule has 1 aromatic rings. The van der Waals surface area contributed by atoms with E-state index < -0.39 is 0 Å². The number of ether oxygens (including phenoxy) is 1. The molecule has 3 rings (SSSR count). The van der Waals surface area contributed by atoms with Crippen LogP contribution in [0.5, 0.6) is 5.75 Å². The van der Waals surface area contributed by atoms with Crippen LogP contribution in [0.2, 0.25) is 0 Å². The van der Waals surface area contributed by atoms with E-state index in [1.165, 1.54) is 24.2 Å². The third kappa shape index (κ3) is 1.27. The zero-order chi connectivity index (χ0) is 11.2. The summed E-state index contributed by atoms with van der Waals surface area (Å²) in [6, 6.07) is 6.31. The molecule has 1 saturated carbocycles. The number of methoxy groups -OCH3 is 1. The molecule has 86 valence electrons. The van der Waals surface area contributed by atoms with Crippen LogP contribution >= 0.6 is 0 Å². The lowest BCUT2D eigenvalue weighted by Gasteiger charge is -2.39. The number of hydrogen-bond acceptors (Lipinski definition) is 3. The van der Waals surface area contributed by atoms with E-state index in [0.717, 1.165) is 18.8 Å². The molecule has 0 saturated heterocycles. The van der Waals surface area contributed by atoms with Crippen LogP contribution in [0.15, 0.2) is 18.2 Å². The molecule has 1 fully saturated rings. The molecule has 0 atom stereocenters. The standard InChI is InChI=1S/C13H18N2O/c1-3-15-12-5-4-10(16-2)8-11(12)14-9-13(15)6-7-13/h4-5,8,14H,3,6-7,9H2,1-2H3. The average Bonchev–Trinajstić information content (AvgIpc) is 3.09. The van der Waals surface area contributed by atoms with Gasteiger partial charge in [0.1, 0.15) is 5.75 Å². The second-order valence-electron chi connectivity index (χ2n) is 4.71. The lowest BCUT2D eigenvalue weighted by atomic mass is 10.1. The summed E-state index contributed by atoms with van der Waals surface area (Å²) in [5, 5.41) is 3.53. The minimum absolute atomic E-state index is 0.413. The Bertz CT molecular complexity index is 412. The third-order valence-electron chi connectivity index (χ3n) is 3.82. The van der Waals surface area contributed by atoms with Crippen molar-refractivity contribution in [3.05, 3.63) is 18.2 Å². The van der Waals surface area contributed by atoms with E-state index in [2.05, 4.69) is 29.3 Å². The quantitative estimate of drug-likeness (QED) is 0.825. The van der Waals surface area contributed by atoms with Crippen molar-refractivity contribution in [1.29, 1.82) is 0 Å². The van der Waals surface area contributed by atoms with Crippen LogP contribution in [0.1, 0.15) is 19.8 Å². The molecule has 1 spiro atoms. The van der Waals surface area contributed by atoms with E-state index in [1.807, 2.05) is 6.07 Å². The van der Waals surface area contributed by atoms with Crippen LogP contribution in [0, 0.1) is 0 Å². The fourth-order valence-electron chi connectivity index (χ4n) is 2.73. The lowest BCUT2D eigenvalue weighted by molar-refractivity contribution is 0.414. The first kappa shape index (κ1) is 9.82.